The monoisotopic (exact) mass is 356 g/mol. The summed E-state index contributed by atoms with van der Waals surface area (Å²) >= 11 is 0. The van der Waals surface area contributed by atoms with Gasteiger partial charge in [0, 0.05) is 32.5 Å². The van der Waals surface area contributed by atoms with Gasteiger partial charge < -0.3 is 14.2 Å². The molecule has 4 unspecified atom stereocenters. The van der Waals surface area contributed by atoms with Crippen LogP contribution in [0.5, 0.6) is 0 Å². The van der Waals surface area contributed by atoms with E-state index >= 15 is 4.39 Å². The first-order valence-corrected chi connectivity index (χ1v) is 7.56. The van der Waals surface area contributed by atoms with Crippen molar-refractivity contribution in [2.24, 2.45) is 0 Å². The highest BCUT2D eigenvalue weighted by atomic mass is 19.1. The van der Waals surface area contributed by atoms with E-state index in [0.29, 0.717) is 0 Å². The standard InChI is InChI=1S/C15H17FN2O7/c1-8(19)23-7-14-6-15(14,24-9(2)20)11(16)13(3,25-14)18-5-4-10(21)17-12(18)22/h4-5,11H,6-7H2,1-3H3,(H,17,21,22). The summed E-state index contributed by atoms with van der Waals surface area (Å²) in [5.74, 6) is -1.33. The molecule has 0 spiro atoms. The number of carbonyl (C=O) groups is 2. The number of nitrogens with one attached hydrogen (secondary N) is 1. The third kappa shape index (κ3) is 2.39. The number of carbonyl (C=O) groups excluding carboxylic acids is 2. The minimum atomic E-state index is -1.93. The molecule has 0 radical (unpaired) electrons. The zero-order valence-electron chi connectivity index (χ0n) is 13.8. The summed E-state index contributed by atoms with van der Waals surface area (Å²) in [5.41, 5.74) is -6.44. The Morgan fingerprint density at radius 3 is 2.64 bits per heavy atom. The van der Waals surface area contributed by atoms with Crippen LogP contribution in [0.4, 0.5) is 4.39 Å². The SMILES string of the molecule is CC(=O)OCC12CC1(OC(C)=O)C(F)C(C)(n1ccc(=O)[nH]c1=O)O2. The Bertz CT molecular complexity index is 864. The van der Waals surface area contributed by atoms with E-state index in [1.54, 1.807) is 0 Å². The van der Waals surface area contributed by atoms with Gasteiger partial charge in [-0.05, 0) is 6.92 Å². The van der Waals surface area contributed by atoms with Crippen LogP contribution in [0.25, 0.3) is 0 Å². The lowest BCUT2D eigenvalue weighted by Gasteiger charge is -2.32. The summed E-state index contributed by atoms with van der Waals surface area (Å²) in [5, 5.41) is 0. The Balaban J connectivity index is 2.04. The van der Waals surface area contributed by atoms with E-state index in [1.807, 2.05) is 4.98 Å². The number of H-pyrrole nitrogens is 1. The molecule has 1 aromatic heterocycles. The second kappa shape index (κ2) is 5.25. The maximum Gasteiger partial charge on any atom is 0.330 e. The second-order valence-electron chi connectivity index (χ2n) is 6.43. The van der Waals surface area contributed by atoms with Gasteiger partial charge in [0.15, 0.2) is 23.1 Å². The topological polar surface area (TPSA) is 117 Å². The smallest absolute Gasteiger partial charge is 0.330 e. The molecule has 0 aromatic carbocycles. The van der Waals surface area contributed by atoms with E-state index in [2.05, 4.69) is 0 Å². The third-order valence-corrected chi connectivity index (χ3v) is 4.61. The molecular weight excluding hydrogens is 339 g/mol. The third-order valence-electron chi connectivity index (χ3n) is 4.61. The summed E-state index contributed by atoms with van der Waals surface area (Å²) in [6, 6.07) is 1.05. The molecule has 1 aromatic rings. The summed E-state index contributed by atoms with van der Waals surface area (Å²) in [7, 11) is 0. The van der Waals surface area contributed by atoms with Gasteiger partial charge in [0.2, 0.25) is 0 Å². The normalized spacial score (nSPS) is 35.8. The van der Waals surface area contributed by atoms with Crippen LogP contribution in [-0.2, 0) is 29.5 Å². The zero-order chi connectivity index (χ0) is 18.6. The van der Waals surface area contributed by atoms with Crippen molar-refractivity contribution < 1.29 is 28.2 Å². The van der Waals surface area contributed by atoms with Crippen LogP contribution in [0.3, 0.4) is 0 Å². The Kier molecular flexibility index (Phi) is 3.64. The van der Waals surface area contributed by atoms with Crippen LogP contribution in [-0.4, -0.2) is 45.5 Å². The molecule has 10 heteroatoms. The highest BCUT2D eigenvalue weighted by Gasteiger charge is 2.87. The number of fused-ring (bicyclic) bond motifs is 1. The van der Waals surface area contributed by atoms with Crippen LogP contribution < -0.4 is 11.2 Å². The van der Waals surface area contributed by atoms with E-state index in [9.17, 15) is 19.2 Å². The molecule has 0 amide bonds. The van der Waals surface area contributed by atoms with Crippen molar-refractivity contribution in [3.63, 3.8) is 0 Å². The van der Waals surface area contributed by atoms with Crippen molar-refractivity contribution in [2.75, 3.05) is 6.61 Å². The molecule has 3 rings (SSSR count). The van der Waals surface area contributed by atoms with Gasteiger partial charge in [-0.3, -0.25) is 23.9 Å². The number of ether oxygens (including phenoxy) is 3. The molecule has 2 fully saturated rings. The van der Waals surface area contributed by atoms with E-state index in [-0.39, 0.29) is 13.0 Å². The van der Waals surface area contributed by atoms with Crippen molar-refractivity contribution in [3.05, 3.63) is 33.1 Å². The van der Waals surface area contributed by atoms with E-state index in [0.717, 1.165) is 23.8 Å². The molecule has 1 saturated heterocycles. The van der Waals surface area contributed by atoms with Crippen LogP contribution in [0.2, 0.25) is 0 Å². The van der Waals surface area contributed by atoms with Crippen LogP contribution in [0.15, 0.2) is 21.9 Å². The summed E-state index contributed by atoms with van der Waals surface area (Å²) < 4.78 is 32.2. The molecule has 25 heavy (non-hydrogen) atoms. The minimum absolute atomic E-state index is 0.0122. The van der Waals surface area contributed by atoms with Crippen molar-refractivity contribution >= 4 is 11.9 Å². The number of hydrogen-bond donors (Lipinski definition) is 1. The highest BCUT2D eigenvalue weighted by molar-refractivity contribution is 5.68. The number of rotatable bonds is 4. The molecule has 9 nitrogen and oxygen atoms in total. The van der Waals surface area contributed by atoms with E-state index in [1.165, 1.54) is 13.8 Å². The van der Waals surface area contributed by atoms with E-state index in [4.69, 9.17) is 14.2 Å². The van der Waals surface area contributed by atoms with Gasteiger partial charge >= 0.3 is 17.6 Å². The molecule has 136 valence electrons. The lowest BCUT2D eigenvalue weighted by atomic mass is 10.0. The fraction of sp³-hybridized carbons (Fsp3) is 0.600. The van der Waals surface area contributed by atoms with Crippen molar-refractivity contribution in [1.82, 2.24) is 9.55 Å². The van der Waals surface area contributed by atoms with Crippen LogP contribution in [0.1, 0.15) is 27.2 Å². The van der Waals surface area contributed by atoms with Crippen molar-refractivity contribution in [1.29, 1.82) is 0 Å². The van der Waals surface area contributed by atoms with Gasteiger partial charge in [-0.1, -0.05) is 0 Å². The molecular formula is C15H17FN2O7. The highest BCUT2D eigenvalue weighted by Crippen LogP contribution is 2.67. The first-order chi connectivity index (χ1) is 11.6. The number of aromatic nitrogens is 2. The van der Waals surface area contributed by atoms with Crippen molar-refractivity contribution in [2.45, 2.75) is 50.3 Å². The number of hydrogen-bond acceptors (Lipinski definition) is 7. The average molecular weight is 356 g/mol. The predicted octanol–water partition coefficient (Wildman–Crippen LogP) is -0.415. The van der Waals surface area contributed by atoms with Gasteiger partial charge in [0.1, 0.15) is 6.61 Å². The number of alkyl halides is 1. The van der Waals surface area contributed by atoms with Crippen LogP contribution >= 0.6 is 0 Å². The lowest BCUT2D eigenvalue weighted by molar-refractivity contribution is -0.170. The molecule has 0 bridgehead atoms. The summed E-state index contributed by atoms with van der Waals surface area (Å²) in [6.07, 6.45) is -0.843. The fourth-order valence-electron chi connectivity index (χ4n) is 3.50. The fourth-order valence-corrected chi connectivity index (χ4v) is 3.50. The lowest BCUT2D eigenvalue weighted by Crippen LogP contribution is -2.50. The molecule has 2 aliphatic rings. The Hall–Kier alpha value is -2.49. The first-order valence-electron chi connectivity index (χ1n) is 7.56. The second-order valence-corrected chi connectivity index (χ2v) is 6.43. The van der Waals surface area contributed by atoms with Gasteiger partial charge in [0.25, 0.3) is 5.56 Å². The minimum Gasteiger partial charge on any atom is -0.463 e. The maximum absolute atomic E-state index is 15.4. The zero-order valence-corrected chi connectivity index (χ0v) is 13.8. The number of aromatic amines is 1. The average Bonchev–Trinajstić information content (AvgIpc) is 3.05. The molecule has 1 aliphatic heterocycles. The molecule has 1 N–H and O–H groups in total. The summed E-state index contributed by atoms with van der Waals surface area (Å²) in [4.78, 5) is 47.9. The molecule has 4 atom stereocenters. The van der Waals surface area contributed by atoms with Gasteiger partial charge in [-0.25, -0.2) is 9.18 Å². The quantitative estimate of drug-likeness (QED) is 0.729. The van der Waals surface area contributed by atoms with Gasteiger partial charge in [-0.2, -0.15) is 0 Å². The number of halogens is 1. The number of nitrogens with zero attached hydrogens (tertiary/aromatic N) is 1. The summed E-state index contributed by atoms with van der Waals surface area (Å²) in [6.45, 7) is 3.27. The van der Waals surface area contributed by atoms with Gasteiger partial charge in [-0.15, -0.1) is 0 Å². The molecule has 1 aliphatic carbocycles. The van der Waals surface area contributed by atoms with Crippen LogP contribution in [0, 0.1) is 0 Å². The predicted molar refractivity (Wildman–Crippen MR) is 79.4 cm³/mol. The largest absolute Gasteiger partial charge is 0.463 e. The van der Waals surface area contributed by atoms with Crippen molar-refractivity contribution in [3.8, 4) is 0 Å². The molecule has 1 saturated carbocycles. The van der Waals surface area contributed by atoms with Gasteiger partial charge in [0.05, 0.1) is 0 Å². The van der Waals surface area contributed by atoms with E-state index < -0.39 is 46.3 Å². The number of esters is 2. The Labute approximate surface area is 140 Å². The Morgan fingerprint density at radius 1 is 1.40 bits per heavy atom. The maximum atomic E-state index is 15.4. The molecule has 2 heterocycles. The Morgan fingerprint density at radius 2 is 2.08 bits per heavy atom. The first kappa shape index (κ1) is 17.3.